The van der Waals surface area contributed by atoms with Crippen molar-refractivity contribution in [3.8, 4) is 11.5 Å². The molecule has 1 aromatic carbocycles. The van der Waals surface area contributed by atoms with Crippen LogP contribution in [0.4, 0.5) is 4.39 Å². The van der Waals surface area contributed by atoms with Crippen LogP contribution in [-0.4, -0.2) is 48.4 Å². The Morgan fingerprint density at radius 2 is 2.14 bits per heavy atom. The molecule has 2 aliphatic rings. The molecule has 6 heteroatoms. The zero-order valence-electron chi connectivity index (χ0n) is 12.8. The summed E-state index contributed by atoms with van der Waals surface area (Å²) in [6.07, 6.45) is 1.26. The molecule has 2 heterocycles. The minimum Gasteiger partial charge on any atom is -0.483 e. The maximum Gasteiger partial charge on any atom is 0.197 e. The molecule has 1 unspecified atom stereocenters. The van der Waals surface area contributed by atoms with Crippen LogP contribution in [0.25, 0.3) is 0 Å². The molecule has 0 aliphatic carbocycles. The van der Waals surface area contributed by atoms with Crippen LogP contribution in [0.3, 0.4) is 0 Å². The number of aliphatic hydroxyl groups is 1. The van der Waals surface area contributed by atoms with Gasteiger partial charge in [-0.1, -0.05) is 0 Å². The molecule has 0 radical (unpaired) electrons. The van der Waals surface area contributed by atoms with Gasteiger partial charge >= 0.3 is 0 Å². The summed E-state index contributed by atoms with van der Waals surface area (Å²) in [7, 11) is 0. The number of nitrogens with zero attached hydrogens (tertiary/aromatic N) is 1. The molecule has 0 spiro atoms. The Kier molecular flexibility index (Phi) is 4.52. The number of rotatable bonds is 4. The Hall–Kier alpha value is -1.37. The summed E-state index contributed by atoms with van der Waals surface area (Å²) in [5.74, 6) is -0.0739. The SMILES string of the molecule is CC1COc2c(F)cc([C@@H](O)[C@H](N)CN3CCCC3)cc2O1. The zero-order valence-corrected chi connectivity index (χ0v) is 12.8. The van der Waals surface area contributed by atoms with Gasteiger partial charge in [-0.2, -0.15) is 0 Å². The van der Waals surface area contributed by atoms with E-state index in [4.69, 9.17) is 15.2 Å². The van der Waals surface area contributed by atoms with Gasteiger partial charge in [-0.25, -0.2) is 4.39 Å². The second kappa shape index (κ2) is 6.40. The second-order valence-corrected chi connectivity index (χ2v) is 6.19. The van der Waals surface area contributed by atoms with Crippen LogP contribution in [0.5, 0.6) is 11.5 Å². The molecular formula is C16H23FN2O3. The van der Waals surface area contributed by atoms with Crippen LogP contribution in [0.2, 0.25) is 0 Å². The van der Waals surface area contributed by atoms with E-state index in [1.165, 1.54) is 18.9 Å². The average molecular weight is 310 g/mol. The van der Waals surface area contributed by atoms with Gasteiger partial charge in [0.15, 0.2) is 17.3 Å². The highest BCUT2D eigenvalue weighted by molar-refractivity contribution is 5.46. The summed E-state index contributed by atoms with van der Waals surface area (Å²) < 4.78 is 25.1. The molecule has 2 aliphatic heterocycles. The summed E-state index contributed by atoms with van der Waals surface area (Å²) >= 11 is 0. The van der Waals surface area contributed by atoms with E-state index in [9.17, 15) is 9.50 Å². The van der Waals surface area contributed by atoms with Crippen LogP contribution in [0, 0.1) is 5.82 Å². The van der Waals surface area contributed by atoms with Gasteiger partial charge in [0, 0.05) is 12.6 Å². The zero-order chi connectivity index (χ0) is 15.7. The van der Waals surface area contributed by atoms with E-state index < -0.39 is 18.0 Å². The summed E-state index contributed by atoms with van der Waals surface area (Å²) in [5.41, 5.74) is 6.53. The summed E-state index contributed by atoms with van der Waals surface area (Å²) in [4.78, 5) is 2.23. The van der Waals surface area contributed by atoms with Crippen LogP contribution in [0.1, 0.15) is 31.4 Å². The smallest absolute Gasteiger partial charge is 0.197 e. The van der Waals surface area contributed by atoms with Crippen molar-refractivity contribution in [1.29, 1.82) is 0 Å². The van der Waals surface area contributed by atoms with Crippen LogP contribution in [-0.2, 0) is 0 Å². The third-order valence-electron chi connectivity index (χ3n) is 4.24. The first kappa shape index (κ1) is 15.5. The van der Waals surface area contributed by atoms with Gasteiger partial charge in [0.2, 0.25) is 0 Å². The van der Waals surface area contributed by atoms with E-state index in [1.807, 2.05) is 6.92 Å². The Balaban J connectivity index is 1.75. The molecule has 1 aromatic rings. The summed E-state index contributed by atoms with van der Waals surface area (Å²) in [6.45, 7) is 4.79. The quantitative estimate of drug-likeness (QED) is 0.881. The minimum atomic E-state index is -0.929. The van der Waals surface area contributed by atoms with Crippen molar-refractivity contribution in [1.82, 2.24) is 4.90 Å². The molecule has 22 heavy (non-hydrogen) atoms. The first-order chi connectivity index (χ1) is 10.5. The highest BCUT2D eigenvalue weighted by Gasteiger charge is 2.27. The number of hydrogen-bond donors (Lipinski definition) is 2. The van der Waals surface area contributed by atoms with Gasteiger partial charge in [-0.3, -0.25) is 0 Å². The fourth-order valence-corrected chi connectivity index (χ4v) is 3.05. The molecule has 3 N–H and O–H groups in total. The van der Waals surface area contributed by atoms with E-state index in [1.54, 1.807) is 6.07 Å². The molecule has 0 aromatic heterocycles. The Bertz CT molecular complexity index is 534. The molecule has 1 saturated heterocycles. The lowest BCUT2D eigenvalue weighted by Gasteiger charge is -2.27. The molecule has 122 valence electrons. The van der Waals surface area contributed by atoms with Gasteiger partial charge in [0.1, 0.15) is 12.7 Å². The van der Waals surface area contributed by atoms with Crippen molar-refractivity contribution >= 4 is 0 Å². The van der Waals surface area contributed by atoms with E-state index in [-0.39, 0.29) is 11.9 Å². The van der Waals surface area contributed by atoms with E-state index in [0.717, 1.165) is 13.1 Å². The van der Waals surface area contributed by atoms with Gasteiger partial charge in [-0.15, -0.1) is 0 Å². The normalized spacial score (nSPS) is 24.3. The van der Waals surface area contributed by atoms with E-state index in [0.29, 0.717) is 24.5 Å². The molecule has 0 amide bonds. The van der Waals surface area contributed by atoms with Crippen LogP contribution in [0.15, 0.2) is 12.1 Å². The molecule has 0 bridgehead atoms. The molecular weight excluding hydrogens is 287 g/mol. The third kappa shape index (κ3) is 3.19. The first-order valence-corrected chi connectivity index (χ1v) is 7.83. The second-order valence-electron chi connectivity index (χ2n) is 6.19. The Morgan fingerprint density at radius 3 is 2.86 bits per heavy atom. The molecule has 5 nitrogen and oxygen atoms in total. The van der Waals surface area contributed by atoms with Crippen molar-refractivity contribution in [2.75, 3.05) is 26.2 Å². The Morgan fingerprint density at radius 1 is 1.41 bits per heavy atom. The average Bonchev–Trinajstić information content (AvgIpc) is 2.98. The number of hydrogen-bond acceptors (Lipinski definition) is 5. The van der Waals surface area contributed by atoms with Crippen molar-refractivity contribution in [2.24, 2.45) is 5.73 Å². The van der Waals surface area contributed by atoms with Crippen molar-refractivity contribution < 1.29 is 19.0 Å². The van der Waals surface area contributed by atoms with Gasteiger partial charge in [0.05, 0.1) is 6.10 Å². The van der Waals surface area contributed by atoms with E-state index >= 15 is 0 Å². The van der Waals surface area contributed by atoms with Crippen molar-refractivity contribution in [3.63, 3.8) is 0 Å². The number of halogens is 1. The van der Waals surface area contributed by atoms with Crippen molar-refractivity contribution in [3.05, 3.63) is 23.5 Å². The molecule has 1 fully saturated rings. The van der Waals surface area contributed by atoms with Gasteiger partial charge in [0.25, 0.3) is 0 Å². The standard InChI is InChI=1S/C16H23FN2O3/c1-10-9-21-16-12(17)6-11(7-14(16)22-10)15(20)13(18)8-19-4-2-3-5-19/h6-7,10,13,15,20H,2-5,8-9,18H2,1H3/t10?,13-,15-/m1/s1. The predicted octanol–water partition coefficient (Wildman–Crippen LogP) is 1.44. The predicted molar refractivity (Wildman–Crippen MR) is 80.6 cm³/mol. The molecule has 3 rings (SSSR count). The van der Waals surface area contributed by atoms with Gasteiger partial charge < -0.3 is 25.2 Å². The lowest BCUT2D eigenvalue weighted by Crippen LogP contribution is -2.40. The maximum atomic E-state index is 14.1. The topological polar surface area (TPSA) is 68.0 Å². The van der Waals surface area contributed by atoms with Crippen LogP contribution >= 0.6 is 0 Å². The molecule has 3 atom stereocenters. The number of fused-ring (bicyclic) bond motifs is 1. The lowest BCUT2D eigenvalue weighted by molar-refractivity contribution is 0.0961. The maximum absolute atomic E-state index is 14.1. The summed E-state index contributed by atoms with van der Waals surface area (Å²) in [5, 5.41) is 10.4. The van der Waals surface area contributed by atoms with Crippen LogP contribution < -0.4 is 15.2 Å². The lowest BCUT2D eigenvalue weighted by atomic mass is 10.0. The number of benzene rings is 1. The fraction of sp³-hybridized carbons (Fsp3) is 0.625. The highest BCUT2D eigenvalue weighted by atomic mass is 19.1. The highest BCUT2D eigenvalue weighted by Crippen LogP contribution is 2.37. The molecule has 0 saturated carbocycles. The summed E-state index contributed by atoms with van der Waals surface area (Å²) in [6, 6.07) is 2.45. The number of ether oxygens (including phenoxy) is 2. The fourth-order valence-electron chi connectivity index (χ4n) is 3.05. The monoisotopic (exact) mass is 310 g/mol. The largest absolute Gasteiger partial charge is 0.483 e. The number of aliphatic hydroxyl groups excluding tert-OH is 1. The van der Waals surface area contributed by atoms with Gasteiger partial charge in [-0.05, 0) is 50.6 Å². The first-order valence-electron chi connectivity index (χ1n) is 7.83. The van der Waals surface area contributed by atoms with E-state index in [2.05, 4.69) is 4.90 Å². The Labute approximate surface area is 129 Å². The minimum absolute atomic E-state index is 0.113. The number of likely N-dealkylation sites (tertiary alicyclic amines) is 1. The third-order valence-corrected chi connectivity index (χ3v) is 4.24. The van der Waals surface area contributed by atoms with Crippen molar-refractivity contribution in [2.45, 2.75) is 38.0 Å². The number of nitrogens with two attached hydrogens (primary N) is 1.